The second kappa shape index (κ2) is 19.0. The normalized spacial score (nSPS) is 11.7. The van der Waals surface area contributed by atoms with Crippen LogP contribution in [0.3, 0.4) is 0 Å². The molecule has 4 aromatic carbocycles. The highest BCUT2D eigenvalue weighted by atomic mass is 16.6. The molecule has 0 saturated heterocycles. The van der Waals surface area contributed by atoms with Gasteiger partial charge in [0.25, 0.3) is 0 Å². The maximum atomic E-state index is 13.1. The second-order valence-electron chi connectivity index (χ2n) is 13.1. The van der Waals surface area contributed by atoms with E-state index in [0.717, 1.165) is 54.4 Å². The largest absolute Gasteiger partial charge is 0.445 e. The van der Waals surface area contributed by atoms with E-state index in [1.807, 2.05) is 60.7 Å². The summed E-state index contributed by atoms with van der Waals surface area (Å²) in [7, 11) is 0. The van der Waals surface area contributed by atoms with Crippen LogP contribution in [-0.4, -0.2) is 42.8 Å². The molecule has 3 amide bonds. The third kappa shape index (κ3) is 13.9. The van der Waals surface area contributed by atoms with Gasteiger partial charge in [0.05, 0.1) is 0 Å². The van der Waals surface area contributed by atoms with Crippen LogP contribution in [0.5, 0.6) is 0 Å². The van der Waals surface area contributed by atoms with Gasteiger partial charge in [0.1, 0.15) is 18.2 Å². The number of benzene rings is 4. The Morgan fingerprint density at radius 3 is 1.69 bits per heavy atom. The summed E-state index contributed by atoms with van der Waals surface area (Å²) < 4.78 is 10.6. The Bertz CT molecular complexity index is 1580. The topological polar surface area (TPSA) is 106 Å². The Kier molecular flexibility index (Phi) is 14.3. The third-order valence-electron chi connectivity index (χ3n) is 7.85. The average molecular weight is 664 g/mol. The van der Waals surface area contributed by atoms with Crippen molar-refractivity contribution in [3.05, 3.63) is 131 Å². The SMILES string of the molecule is CC(C)(C)OC(=O)N[C@@H](Cc1ccccc1)C(=O)NCCCc1ccc(-c2ccc(CCCCNC(=O)OCc3ccccc3)cc2)cc1. The number of alkyl carbamates (subject to hydrolysis) is 2. The van der Waals surface area contributed by atoms with E-state index < -0.39 is 17.7 Å². The number of amides is 3. The molecule has 49 heavy (non-hydrogen) atoms. The highest BCUT2D eigenvalue weighted by Crippen LogP contribution is 2.21. The van der Waals surface area contributed by atoms with Gasteiger partial charge in [-0.1, -0.05) is 109 Å². The summed E-state index contributed by atoms with van der Waals surface area (Å²) in [4.78, 5) is 37.4. The Labute approximate surface area is 290 Å². The van der Waals surface area contributed by atoms with Crippen molar-refractivity contribution in [3.63, 3.8) is 0 Å². The quantitative estimate of drug-likeness (QED) is 0.106. The fourth-order valence-corrected chi connectivity index (χ4v) is 5.28. The fourth-order valence-electron chi connectivity index (χ4n) is 5.28. The molecule has 8 heteroatoms. The minimum absolute atomic E-state index is 0.232. The zero-order chi connectivity index (χ0) is 34.9. The van der Waals surface area contributed by atoms with Crippen molar-refractivity contribution in [2.24, 2.45) is 0 Å². The summed E-state index contributed by atoms with van der Waals surface area (Å²) in [6.07, 6.45) is 3.77. The first-order valence-corrected chi connectivity index (χ1v) is 17.1. The van der Waals surface area contributed by atoms with E-state index in [9.17, 15) is 14.4 Å². The van der Waals surface area contributed by atoms with Gasteiger partial charge in [-0.3, -0.25) is 4.79 Å². The van der Waals surface area contributed by atoms with Gasteiger partial charge >= 0.3 is 12.2 Å². The van der Waals surface area contributed by atoms with Crippen LogP contribution >= 0.6 is 0 Å². The van der Waals surface area contributed by atoms with Gasteiger partial charge < -0.3 is 25.4 Å². The Balaban J connectivity index is 1.15. The van der Waals surface area contributed by atoms with Gasteiger partial charge in [-0.25, -0.2) is 9.59 Å². The summed E-state index contributed by atoms with van der Waals surface area (Å²) in [5.74, 6) is -0.232. The number of carbonyl (C=O) groups excluding carboxylic acids is 3. The van der Waals surface area contributed by atoms with E-state index in [0.29, 0.717) is 19.5 Å². The Morgan fingerprint density at radius 2 is 1.12 bits per heavy atom. The monoisotopic (exact) mass is 663 g/mol. The first-order valence-electron chi connectivity index (χ1n) is 17.1. The zero-order valence-corrected chi connectivity index (χ0v) is 28.9. The molecule has 4 aromatic rings. The number of hydrogen-bond acceptors (Lipinski definition) is 5. The van der Waals surface area contributed by atoms with Crippen LogP contribution in [0, 0.1) is 0 Å². The van der Waals surface area contributed by atoms with Crippen LogP contribution < -0.4 is 16.0 Å². The summed E-state index contributed by atoms with van der Waals surface area (Å²) >= 11 is 0. The molecule has 0 aliphatic heterocycles. The van der Waals surface area contributed by atoms with E-state index in [2.05, 4.69) is 64.5 Å². The molecule has 4 rings (SSSR count). The summed E-state index contributed by atoms with van der Waals surface area (Å²) in [5.41, 5.74) is 6.04. The lowest BCUT2D eigenvalue weighted by molar-refractivity contribution is -0.123. The number of ether oxygens (including phenoxy) is 2. The van der Waals surface area contributed by atoms with Crippen LogP contribution in [0.15, 0.2) is 109 Å². The van der Waals surface area contributed by atoms with Crippen molar-refractivity contribution in [2.75, 3.05) is 13.1 Å². The highest BCUT2D eigenvalue weighted by Gasteiger charge is 2.24. The van der Waals surface area contributed by atoms with Crippen LogP contribution in [0.1, 0.15) is 62.3 Å². The molecular weight excluding hydrogens is 614 g/mol. The van der Waals surface area contributed by atoms with Crippen molar-refractivity contribution in [1.82, 2.24) is 16.0 Å². The molecule has 0 bridgehead atoms. The van der Waals surface area contributed by atoms with E-state index in [-0.39, 0.29) is 18.6 Å². The van der Waals surface area contributed by atoms with Gasteiger partial charge in [-0.2, -0.15) is 0 Å². The number of hydrogen-bond donors (Lipinski definition) is 3. The molecule has 258 valence electrons. The molecule has 0 saturated carbocycles. The van der Waals surface area contributed by atoms with E-state index >= 15 is 0 Å². The second-order valence-corrected chi connectivity index (χ2v) is 13.1. The minimum atomic E-state index is -0.735. The minimum Gasteiger partial charge on any atom is -0.445 e. The standard InChI is InChI=1S/C41H49N3O5/c1-41(2,3)49-40(47)44-37(29-33-14-6-4-7-15-33)38(45)42-28-12-18-32-21-25-36(26-22-32)35-23-19-31(20-24-35)13-10-11-27-43-39(46)48-30-34-16-8-5-9-17-34/h4-9,14-17,19-26,37H,10-13,18,27-30H2,1-3H3,(H,42,45)(H,43,46)(H,44,47)/t37-/m0/s1. The molecule has 0 fully saturated rings. The van der Waals surface area contributed by atoms with Gasteiger partial charge in [0.15, 0.2) is 0 Å². The summed E-state index contributed by atoms with van der Waals surface area (Å²) in [6, 6.07) is 35.7. The Hall–Kier alpha value is -5.11. The molecule has 8 nitrogen and oxygen atoms in total. The van der Waals surface area contributed by atoms with Crippen molar-refractivity contribution >= 4 is 18.1 Å². The molecule has 0 aliphatic carbocycles. The molecule has 0 radical (unpaired) electrons. The number of rotatable bonds is 16. The third-order valence-corrected chi connectivity index (χ3v) is 7.85. The predicted octanol–water partition coefficient (Wildman–Crippen LogP) is 7.79. The molecule has 1 atom stereocenters. The van der Waals surface area contributed by atoms with Crippen LogP contribution in [-0.2, 0) is 40.1 Å². The number of nitrogens with one attached hydrogen (secondary N) is 3. The lowest BCUT2D eigenvalue weighted by Gasteiger charge is -2.23. The first-order chi connectivity index (χ1) is 23.6. The highest BCUT2D eigenvalue weighted by molar-refractivity contribution is 5.86. The molecule has 3 N–H and O–H groups in total. The van der Waals surface area contributed by atoms with Gasteiger partial charge in [-0.15, -0.1) is 0 Å². The van der Waals surface area contributed by atoms with Gasteiger partial charge in [0.2, 0.25) is 5.91 Å². The van der Waals surface area contributed by atoms with Crippen LogP contribution in [0.25, 0.3) is 11.1 Å². The van der Waals surface area contributed by atoms with Crippen molar-refractivity contribution in [3.8, 4) is 11.1 Å². The van der Waals surface area contributed by atoms with Crippen molar-refractivity contribution in [1.29, 1.82) is 0 Å². The summed E-state index contributed by atoms with van der Waals surface area (Å²) in [6.45, 7) is 6.74. The van der Waals surface area contributed by atoms with Crippen molar-refractivity contribution in [2.45, 2.75) is 77.5 Å². The Morgan fingerprint density at radius 1 is 0.592 bits per heavy atom. The van der Waals surface area contributed by atoms with Gasteiger partial charge in [-0.05, 0) is 86.3 Å². The van der Waals surface area contributed by atoms with Crippen molar-refractivity contribution < 1.29 is 23.9 Å². The molecule has 0 unspecified atom stereocenters. The summed E-state index contributed by atoms with van der Waals surface area (Å²) in [5, 5.41) is 8.55. The maximum Gasteiger partial charge on any atom is 0.408 e. The van der Waals surface area contributed by atoms with E-state index in [4.69, 9.17) is 9.47 Å². The maximum absolute atomic E-state index is 13.1. The molecule has 0 heterocycles. The lowest BCUT2D eigenvalue weighted by Crippen LogP contribution is -2.49. The van der Waals surface area contributed by atoms with Gasteiger partial charge in [0, 0.05) is 19.5 Å². The van der Waals surface area contributed by atoms with E-state index in [1.54, 1.807) is 20.8 Å². The smallest absolute Gasteiger partial charge is 0.408 e. The predicted molar refractivity (Wildman–Crippen MR) is 194 cm³/mol. The number of aryl methyl sites for hydroxylation is 2. The van der Waals surface area contributed by atoms with E-state index in [1.165, 1.54) is 11.1 Å². The van der Waals surface area contributed by atoms with Crippen LogP contribution in [0.2, 0.25) is 0 Å². The average Bonchev–Trinajstić information content (AvgIpc) is 3.09. The zero-order valence-electron chi connectivity index (χ0n) is 28.9. The first kappa shape index (κ1) is 36.7. The number of carbonyl (C=O) groups is 3. The lowest BCUT2D eigenvalue weighted by atomic mass is 9.99. The van der Waals surface area contributed by atoms with Crippen LogP contribution in [0.4, 0.5) is 9.59 Å². The molecular formula is C41H49N3O5. The molecule has 0 spiro atoms. The fraction of sp³-hybridized carbons (Fsp3) is 0.341. The molecule has 0 aromatic heterocycles. The molecule has 0 aliphatic rings. The number of unbranched alkanes of at least 4 members (excludes halogenated alkanes) is 1.